The summed E-state index contributed by atoms with van der Waals surface area (Å²) in [6, 6.07) is 0. The molecule has 0 unspecified atom stereocenters. The summed E-state index contributed by atoms with van der Waals surface area (Å²) in [6.45, 7) is 7.30. The van der Waals surface area contributed by atoms with E-state index in [1.807, 2.05) is 6.92 Å². The SMILES string of the molecule is C.CCCP(=O)(Cl)Cl.CCCP1(=O)OP(=O)(CCC)OP(=O)(CCC)O1.Cl.O. The maximum atomic E-state index is 12.3. The van der Waals surface area contributed by atoms with Crippen LogP contribution in [-0.4, -0.2) is 30.1 Å². The third kappa shape index (κ3) is 15.4. The molecule has 1 fully saturated rings. The van der Waals surface area contributed by atoms with Crippen LogP contribution in [0.5, 0.6) is 0 Å². The predicted octanol–water partition coefficient (Wildman–Crippen LogP) is 8.16. The zero-order valence-corrected chi connectivity index (χ0v) is 21.9. The maximum absolute atomic E-state index is 12.3. The summed E-state index contributed by atoms with van der Waals surface area (Å²) < 4.78 is 62.6. The van der Waals surface area contributed by atoms with Gasteiger partial charge in [-0.15, -0.1) is 12.4 Å². The van der Waals surface area contributed by atoms with E-state index in [0.29, 0.717) is 25.4 Å². The van der Waals surface area contributed by atoms with Gasteiger partial charge in [0, 0.05) is 6.16 Å². The van der Waals surface area contributed by atoms with Crippen molar-refractivity contribution >= 4 is 63.5 Å². The smallest absolute Gasteiger partial charge is 0.345 e. The molecular formula is C13H35Cl3O8P4. The molecule has 1 rings (SSSR count). The van der Waals surface area contributed by atoms with Crippen molar-refractivity contribution < 1.29 is 36.7 Å². The number of rotatable bonds is 8. The molecule has 1 saturated heterocycles. The Bertz CT molecular complexity index is 519. The van der Waals surface area contributed by atoms with E-state index in [-0.39, 0.29) is 43.8 Å². The van der Waals surface area contributed by atoms with Crippen LogP contribution in [-0.2, 0) is 31.2 Å². The van der Waals surface area contributed by atoms with Crippen LogP contribution in [0.4, 0.5) is 0 Å². The van der Waals surface area contributed by atoms with Crippen molar-refractivity contribution in [1.29, 1.82) is 0 Å². The molecule has 0 amide bonds. The molecule has 0 bridgehead atoms. The van der Waals surface area contributed by atoms with Gasteiger partial charge in [0.05, 0.1) is 18.5 Å². The van der Waals surface area contributed by atoms with Crippen LogP contribution in [0.15, 0.2) is 0 Å². The normalized spacial score (nSPS) is 29.2. The Hall–Kier alpha value is 1.63. The summed E-state index contributed by atoms with van der Waals surface area (Å²) in [5.74, 6) is -2.72. The van der Waals surface area contributed by atoms with Gasteiger partial charge in [0.2, 0.25) is 0 Å². The van der Waals surface area contributed by atoms with Crippen LogP contribution in [0.1, 0.15) is 60.8 Å². The molecule has 0 atom stereocenters. The van der Waals surface area contributed by atoms with Gasteiger partial charge >= 0.3 is 22.8 Å². The highest BCUT2D eigenvalue weighted by molar-refractivity contribution is 8.08. The van der Waals surface area contributed by atoms with Crippen molar-refractivity contribution in [1.82, 2.24) is 0 Å². The summed E-state index contributed by atoms with van der Waals surface area (Å²) in [6.07, 6.45) is 3.15. The Labute approximate surface area is 185 Å². The van der Waals surface area contributed by atoms with Crippen LogP contribution in [0.2, 0.25) is 0 Å². The highest BCUT2D eigenvalue weighted by Gasteiger charge is 2.51. The summed E-state index contributed by atoms with van der Waals surface area (Å²) in [4.78, 5) is 0. The molecule has 15 heteroatoms. The van der Waals surface area contributed by atoms with Gasteiger partial charge in [-0.25, -0.2) is 12.9 Å². The van der Waals surface area contributed by atoms with E-state index < -0.39 is 28.6 Å². The lowest BCUT2D eigenvalue weighted by atomic mass is 10.6. The quantitative estimate of drug-likeness (QED) is 0.279. The molecule has 0 aromatic heterocycles. The predicted molar refractivity (Wildman–Crippen MR) is 124 cm³/mol. The summed E-state index contributed by atoms with van der Waals surface area (Å²) in [5, 5.41) is 0. The summed E-state index contributed by atoms with van der Waals surface area (Å²) in [5.41, 5.74) is 0. The number of hydrogen-bond donors (Lipinski definition) is 0. The highest BCUT2D eigenvalue weighted by Crippen LogP contribution is 2.82. The van der Waals surface area contributed by atoms with Crippen molar-refractivity contribution in [2.24, 2.45) is 0 Å². The third-order valence-corrected chi connectivity index (χ3v) is 13.7. The molecule has 0 saturated carbocycles. The molecule has 8 nitrogen and oxygen atoms in total. The zero-order valence-electron chi connectivity index (χ0n) is 16.0. The van der Waals surface area contributed by atoms with Gasteiger partial charge in [-0.3, -0.25) is 18.3 Å². The largest absolute Gasteiger partial charge is 0.412 e. The van der Waals surface area contributed by atoms with Crippen molar-refractivity contribution in [2.75, 3.05) is 24.6 Å². The van der Waals surface area contributed by atoms with E-state index in [4.69, 9.17) is 35.4 Å². The monoisotopic (exact) mass is 548 g/mol. The number of hydrogen-bond acceptors (Lipinski definition) is 7. The lowest BCUT2D eigenvalue weighted by molar-refractivity contribution is 0.276. The fourth-order valence-corrected chi connectivity index (χ4v) is 12.8. The molecule has 2 N–H and O–H groups in total. The van der Waals surface area contributed by atoms with Gasteiger partial charge in [0.25, 0.3) is 5.85 Å². The Morgan fingerprint density at radius 2 is 0.964 bits per heavy atom. The zero-order chi connectivity index (χ0) is 19.8. The Kier molecular flexibility index (Phi) is 21.5. The molecule has 1 heterocycles. The third-order valence-electron chi connectivity index (χ3n) is 2.72. The minimum Gasteiger partial charge on any atom is -0.412 e. The Balaban J connectivity index is -0.000000250. The van der Waals surface area contributed by atoms with E-state index in [1.165, 1.54) is 0 Å². The van der Waals surface area contributed by atoms with Gasteiger partial charge in [-0.2, -0.15) is 0 Å². The van der Waals surface area contributed by atoms with E-state index in [0.717, 1.165) is 6.42 Å². The first-order chi connectivity index (χ1) is 11.4. The van der Waals surface area contributed by atoms with Gasteiger partial charge in [0.1, 0.15) is 0 Å². The minimum atomic E-state index is -3.57. The van der Waals surface area contributed by atoms with Crippen molar-refractivity contribution in [3.8, 4) is 0 Å². The maximum Gasteiger partial charge on any atom is 0.345 e. The van der Waals surface area contributed by atoms with Gasteiger partial charge in [0.15, 0.2) is 0 Å². The van der Waals surface area contributed by atoms with Crippen molar-refractivity contribution in [3.63, 3.8) is 0 Å². The molecule has 0 aromatic rings. The van der Waals surface area contributed by atoms with Crippen LogP contribution in [0, 0.1) is 0 Å². The second-order valence-corrected chi connectivity index (χ2v) is 17.9. The van der Waals surface area contributed by atoms with Crippen LogP contribution in [0.3, 0.4) is 0 Å². The summed E-state index contributed by atoms with van der Waals surface area (Å²) >= 11 is 10.3. The molecule has 28 heavy (non-hydrogen) atoms. The van der Waals surface area contributed by atoms with Gasteiger partial charge in [-0.1, -0.05) is 35.1 Å². The van der Waals surface area contributed by atoms with E-state index in [2.05, 4.69) is 0 Å². The molecule has 1 aliphatic rings. The molecule has 176 valence electrons. The minimum absolute atomic E-state index is 0. The number of halogens is 3. The van der Waals surface area contributed by atoms with Crippen LogP contribution < -0.4 is 0 Å². The summed E-state index contributed by atoms with van der Waals surface area (Å²) in [7, 11) is -10.7. The Morgan fingerprint density at radius 3 is 1.07 bits per heavy atom. The van der Waals surface area contributed by atoms with Crippen LogP contribution >= 0.6 is 63.5 Å². The van der Waals surface area contributed by atoms with Gasteiger partial charge in [-0.05, 0) is 48.2 Å². The molecular weight excluding hydrogens is 514 g/mol. The lowest BCUT2D eigenvalue weighted by Gasteiger charge is -2.33. The molecule has 0 spiro atoms. The topological polar surface area (TPSA) is 127 Å². The highest BCUT2D eigenvalue weighted by atomic mass is 35.9. The average Bonchev–Trinajstić information content (AvgIpc) is 2.35. The standard InChI is InChI=1S/C9H21O6P3.C3H7Cl2OP.CH4.ClH.H2O/c1-4-7-16(10)13-17(11,8-5-2)15-18(12,14-16)9-6-3;1-2-3-7(4,5)6;;;/h4-9H2,1-3H3;2-3H2,1H3;1H4;1H;1H2. The molecule has 0 aliphatic carbocycles. The average molecular weight is 550 g/mol. The van der Waals surface area contributed by atoms with Gasteiger partial charge < -0.3 is 5.48 Å². The molecule has 0 radical (unpaired) electrons. The first-order valence-corrected chi connectivity index (χ1v) is 17.1. The lowest BCUT2D eigenvalue weighted by Crippen LogP contribution is -2.10. The van der Waals surface area contributed by atoms with Crippen molar-refractivity contribution in [3.05, 3.63) is 0 Å². The van der Waals surface area contributed by atoms with E-state index in [1.54, 1.807) is 20.8 Å². The second kappa shape index (κ2) is 16.3. The molecule has 0 aromatic carbocycles. The Morgan fingerprint density at radius 1 is 0.714 bits per heavy atom. The van der Waals surface area contributed by atoms with Crippen molar-refractivity contribution in [2.45, 2.75) is 60.8 Å². The second-order valence-electron chi connectivity index (χ2n) is 5.54. The molecule has 1 aliphatic heterocycles. The fraction of sp³-hybridized carbons (Fsp3) is 1.00. The van der Waals surface area contributed by atoms with Crippen LogP contribution in [0.25, 0.3) is 0 Å². The first kappa shape index (κ1) is 37.0. The van der Waals surface area contributed by atoms with E-state index in [9.17, 15) is 18.3 Å². The van der Waals surface area contributed by atoms with E-state index >= 15 is 0 Å². The fourth-order valence-electron chi connectivity index (χ4n) is 1.94. The first-order valence-electron chi connectivity index (χ1n) is 8.26.